The highest BCUT2D eigenvalue weighted by Gasteiger charge is 1.96. The summed E-state index contributed by atoms with van der Waals surface area (Å²) in [7, 11) is 0. The van der Waals surface area contributed by atoms with E-state index in [9.17, 15) is 4.79 Å². The molecule has 3 heteroatoms. The molecule has 15 heavy (non-hydrogen) atoms. The van der Waals surface area contributed by atoms with Crippen molar-refractivity contribution in [2.75, 3.05) is 5.75 Å². The fourth-order valence-electron chi connectivity index (χ4n) is 1.17. The van der Waals surface area contributed by atoms with Gasteiger partial charge < -0.3 is 0 Å². The molecule has 0 amide bonds. The van der Waals surface area contributed by atoms with Crippen LogP contribution in [0, 0.1) is 11.3 Å². The lowest BCUT2D eigenvalue weighted by atomic mass is 10.2. The van der Waals surface area contributed by atoms with E-state index in [1.807, 2.05) is 18.2 Å². The molecule has 0 radical (unpaired) electrons. The van der Waals surface area contributed by atoms with Crippen LogP contribution in [0.4, 0.5) is 0 Å². The highest BCUT2D eigenvalue weighted by atomic mass is 32.2. The summed E-state index contributed by atoms with van der Waals surface area (Å²) >= 11 is 1.73. The molecule has 0 heterocycles. The van der Waals surface area contributed by atoms with E-state index in [1.165, 1.54) is 0 Å². The average molecular weight is 219 g/mol. The van der Waals surface area contributed by atoms with Crippen LogP contribution in [0.25, 0.3) is 0 Å². The molecule has 0 unspecified atom stereocenters. The van der Waals surface area contributed by atoms with Gasteiger partial charge in [-0.15, -0.1) is 11.8 Å². The third kappa shape index (κ3) is 4.66. The zero-order valence-corrected chi connectivity index (χ0v) is 9.30. The zero-order chi connectivity index (χ0) is 10.9. The van der Waals surface area contributed by atoms with Crippen molar-refractivity contribution in [2.45, 2.75) is 24.2 Å². The molecule has 0 spiro atoms. The Bertz CT molecular complexity index is 357. The maximum absolute atomic E-state index is 10.5. The van der Waals surface area contributed by atoms with Gasteiger partial charge in [-0.3, -0.25) is 4.79 Å². The first kappa shape index (κ1) is 11.8. The van der Waals surface area contributed by atoms with E-state index in [0.717, 1.165) is 35.3 Å². The van der Waals surface area contributed by atoms with Crippen molar-refractivity contribution < 1.29 is 4.79 Å². The lowest BCUT2D eigenvalue weighted by molar-refractivity contribution is 0.112. The molecule has 1 aromatic rings. The predicted molar refractivity (Wildman–Crippen MR) is 62.0 cm³/mol. The molecule has 1 aromatic carbocycles. The summed E-state index contributed by atoms with van der Waals surface area (Å²) in [6.45, 7) is 0. The van der Waals surface area contributed by atoms with E-state index in [4.69, 9.17) is 5.26 Å². The van der Waals surface area contributed by atoms with Crippen LogP contribution in [-0.4, -0.2) is 12.0 Å². The number of nitrogens with zero attached hydrogens (tertiary/aromatic N) is 1. The van der Waals surface area contributed by atoms with Crippen molar-refractivity contribution in [1.82, 2.24) is 0 Å². The van der Waals surface area contributed by atoms with Crippen LogP contribution in [0.5, 0.6) is 0 Å². The van der Waals surface area contributed by atoms with E-state index in [2.05, 4.69) is 6.07 Å². The molecule has 0 saturated heterocycles. The summed E-state index contributed by atoms with van der Waals surface area (Å²) in [4.78, 5) is 11.7. The Labute approximate surface area is 94.3 Å². The quantitative estimate of drug-likeness (QED) is 0.419. The zero-order valence-electron chi connectivity index (χ0n) is 8.48. The van der Waals surface area contributed by atoms with Gasteiger partial charge in [-0.1, -0.05) is 12.1 Å². The van der Waals surface area contributed by atoms with Crippen LogP contribution in [0.2, 0.25) is 0 Å². The molecule has 0 aliphatic heterocycles. The normalized spacial score (nSPS) is 9.53. The van der Waals surface area contributed by atoms with Gasteiger partial charge in [0.15, 0.2) is 0 Å². The number of rotatable bonds is 6. The first-order valence-electron chi connectivity index (χ1n) is 4.92. The highest BCUT2D eigenvalue weighted by molar-refractivity contribution is 7.99. The van der Waals surface area contributed by atoms with Gasteiger partial charge in [0.2, 0.25) is 0 Å². The molecular weight excluding hydrogens is 206 g/mol. The van der Waals surface area contributed by atoms with Crippen molar-refractivity contribution in [3.63, 3.8) is 0 Å². The van der Waals surface area contributed by atoms with Crippen molar-refractivity contribution in [2.24, 2.45) is 0 Å². The molecule has 0 saturated carbocycles. The van der Waals surface area contributed by atoms with E-state index < -0.39 is 0 Å². The molecule has 0 aliphatic rings. The molecule has 0 aromatic heterocycles. The van der Waals surface area contributed by atoms with Crippen LogP contribution in [-0.2, 0) is 0 Å². The molecule has 0 atom stereocenters. The van der Waals surface area contributed by atoms with Crippen LogP contribution in [0.1, 0.15) is 29.6 Å². The molecule has 78 valence electrons. The largest absolute Gasteiger partial charge is 0.298 e. The van der Waals surface area contributed by atoms with Gasteiger partial charge in [-0.05, 0) is 30.7 Å². The maximum Gasteiger partial charge on any atom is 0.150 e. The van der Waals surface area contributed by atoms with Crippen LogP contribution in [0.15, 0.2) is 29.2 Å². The number of hydrogen-bond donors (Lipinski definition) is 0. The second-order valence-electron chi connectivity index (χ2n) is 3.15. The Morgan fingerprint density at radius 3 is 3.00 bits per heavy atom. The van der Waals surface area contributed by atoms with Crippen molar-refractivity contribution in [1.29, 1.82) is 5.26 Å². The molecule has 1 rings (SSSR count). The minimum absolute atomic E-state index is 0.634. The SMILES string of the molecule is N#CCCCCSc1cccc(C=O)c1. The number of benzene rings is 1. The Morgan fingerprint density at radius 2 is 2.27 bits per heavy atom. The summed E-state index contributed by atoms with van der Waals surface area (Å²) in [6, 6.07) is 9.71. The fraction of sp³-hybridized carbons (Fsp3) is 0.333. The van der Waals surface area contributed by atoms with Gasteiger partial charge in [-0.2, -0.15) is 5.26 Å². The number of carbonyl (C=O) groups excluding carboxylic acids is 1. The first-order valence-corrected chi connectivity index (χ1v) is 5.90. The van der Waals surface area contributed by atoms with E-state index in [-0.39, 0.29) is 0 Å². The minimum atomic E-state index is 0.634. The van der Waals surface area contributed by atoms with E-state index in [0.29, 0.717) is 6.42 Å². The third-order valence-corrected chi connectivity index (χ3v) is 3.03. The molecular formula is C12H13NOS. The van der Waals surface area contributed by atoms with Crippen LogP contribution < -0.4 is 0 Å². The number of carbonyl (C=O) groups is 1. The van der Waals surface area contributed by atoms with Crippen molar-refractivity contribution in [3.8, 4) is 6.07 Å². The summed E-state index contributed by atoms with van der Waals surface area (Å²) in [5.74, 6) is 1.00. The third-order valence-electron chi connectivity index (χ3n) is 1.95. The number of thioether (sulfide) groups is 1. The standard InChI is InChI=1S/C12H13NOS/c13-7-2-1-3-8-15-12-6-4-5-11(9-12)10-14/h4-6,9-10H,1-3,8H2. The molecule has 0 bridgehead atoms. The summed E-state index contributed by atoms with van der Waals surface area (Å²) in [5.41, 5.74) is 0.719. The minimum Gasteiger partial charge on any atom is -0.298 e. The van der Waals surface area contributed by atoms with Gasteiger partial charge in [-0.25, -0.2) is 0 Å². The topological polar surface area (TPSA) is 40.9 Å². The Kier molecular flexibility index (Phi) is 5.57. The lowest BCUT2D eigenvalue weighted by Crippen LogP contribution is -1.83. The number of unbranched alkanes of at least 4 members (excludes halogenated alkanes) is 2. The lowest BCUT2D eigenvalue weighted by Gasteiger charge is -2.00. The number of hydrogen-bond acceptors (Lipinski definition) is 3. The summed E-state index contributed by atoms with van der Waals surface area (Å²) < 4.78 is 0. The summed E-state index contributed by atoms with van der Waals surface area (Å²) in [5, 5.41) is 8.36. The Morgan fingerprint density at radius 1 is 1.40 bits per heavy atom. The molecule has 0 N–H and O–H groups in total. The highest BCUT2D eigenvalue weighted by Crippen LogP contribution is 2.20. The monoisotopic (exact) mass is 219 g/mol. The smallest absolute Gasteiger partial charge is 0.150 e. The maximum atomic E-state index is 10.5. The first-order chi connectivity index (χ1) is 7.36. The average Bonchev–Trinajstić information content (AvgIpc) is 2.29. The number of aldehydes is 1. The van der Waals surface area contributed by atoms with Gasteiger partial charge in [0.05, 0.1) is 6.07 Å². The van der Waals surface area contributed by atoms with Crippen LogP contribution in [0.3, 0.4) is 0 Å². The molecule has 0 aliphatic carbocycles. The molecule has 0 fully saturated rings. The van der Waals surface area contributed by atoms with Gasteiger partial charge in [0.25, 0.3) is 0 Å². The van der Waals surface area contributed by atoms with Gasteiger partial charge in [0, 0.05) is 16.9 Å². The van der Waals surface area contributed by atoms with Gasteiger partial charge in [0.1, 0.15) is 6.29 Å². The second kappa shape index (κ2) is 7.08. The second-order valence-corrected chi connectivity index (χ2v) is 4.32. The van der Waals surface area contributed by atoms with Crippen molar-refractivity contribution >= 4 is 18.0 Å². The Hall–Kier alpha value is -1.27. The van der Waals surface area contributed by atoms with Gasteiger partial charge >= 0.3 is 0 Å². The number of nitriles is 1. The van der Waals surface area contributed by atoms with E-state index >= 15 is 0 Å². The van der Waals surface area contributed by atoms with Crippen LogP contribution >= 0.6 is 11.8 Å². The molecule has 2 nitrogen and oxygen atoms in total. The van der Waals surface area contributed by atoms with Crippen molar-refractivity contribution in [3.05, 3.63) is 29.8 Å². The fourth-order valence-corrected chi connectivity index (χ4v) is 2.15. The predicted octanol–water partition coefficient (Wildman–Crippen LogP) is 3.29. The summed E-state index contributed by atoms with van der Waals surface area (Å²) in [6.07, 6.45) is 3.50. The van der Waals surface area contributed by atoms with E-state index in [1.54, 1.807) is 17.8 Å². The Balaban J connectivity index is 2.31.